The van der Waals surface area contributed by atoms with E-state index in [1.165, 1.54) is 25.3 Å². The van der Waals surface area contributed by atoms with Gasteiger partial charge in [-0.15, -0.1) is 0 Å². The van der Waals surface area contributed by atoms with Gasteiger partial charge in [-0.05, 0) is 29.9 Å². The second-order valence-corrected chi connectivity index (χ2v) is 10.0. The lowest BCUT2D eigenvalue weighted by atomic mass is 10.1. The fraction of sp³-hybridized carbons (Fsp3) is 0.345. The van der Waals surface area contributed by atoms with E-state index in [0.717, 1.165) is 52.6 Å². The van der Waals surface area contributed by atoms with Crippen LogP contribution >= 0.6 is 0 Å². The molecule has 36 heavy (non-hydrogen) atoms. The fourth-order valence-corrected chi connectivity index (χ4v) is 4.12. The lowest BCUT2D eigenvalue weighted by Gasteiger charge is -2.13. The number of imidazole rings is 1. The number of amides is 1. The summed E-state index contributed by atoms with van der Waals surface area (Å²) in [6.45, 7) is 8.12. The highest BCUT2D eigenvalue weighted by molar-refractivity contribution is 5.75. The van der Waals surface area contributed by atoms with E-state index in [0.29, 0.717) is 18.5 Å². The number of aromatic nitrogens is 3. The molecule has 1 amide bonds. The second kappa shape index (κ2) is 10.5. The monoisotopic (exact) mass is 482 g/mol. The highest BCUT2D eigenvalue weighted by Gasteiger charge is 2.20. The number of benzene rings is 2. The molecule has 7 nitrogen and oxygen atoms in total. The van der Waals surface area contributed by atoms with Crippen molar-refractivity contribution in [3.8, 4) is 22.5 Å². The third-order valence-electron chi connectivity index (χ3n) is 6.38. The Morgan fingerprint density at radius 1 is 1.00 bits per heavy atom. The minimum atomic E-state index is -0.0353. The van der Waals surface area contributed by atoms with E-state index in [1.54, 1.807) is 0 Å². The predicted octanol–water partition coefficient (Wildman–Crippen LogP) is 5.02. The maximum absolute atomic E-state index is 11.2. The summed E-state index contributed by atoms with van der Waals surface area (Å²) in [5.74, 6) is 1.22. The molecule has 0 unspecified atom stereocenters. The molecule has 4 aromatic rings. The summed E-state index contributed by atoms with van der Waals surface area (Å²) in [4.78, 5) is 20.9. The Kier molecular flexibility index (Phi) is 7.00. The molecule has 0 radical (unpaired) electrons. The van der Waals surface area contributed by atoms with Crippen molar-refractivity contribution in [1.29, 1.82) is 0 Å². The van der Waals surface area contributed by atoms with Crippen LogP contribution in [0.5, 0.6) is 0 Å². The van der Waals surface area contributed by atoms with E-state index < -0.39 is 0 Å². The molecule has 186 valence electrons. The van der Waals surface area contributed by atoms with Crippen molar-refractivity contribution in [2.45, 2.75) is 52.7 Å². The number of hydrogen-bond acceptors (Lipinski definition) is 5. The zero-order valence-corrected chi connectivity index (χ0v) is 21.2. The average Bonchev–Trinajstić information content (AvgIpc) is 3.62. The van der Waals surface area contributed by atoms with E-state index in [-0.39, 0.29) is 5.91 Å². The lowest BCUT2D eigenvalue weighted by molar-refractivity contribution is -0.119. The normalized spacial score (nSPS) is 13.3. The standard InChI is InChI=1S/C29H34N6O/c1-19(2)14-32-28-29-33-17-27(24-10-6-22(7-11-24)16-31-25-12-13-25)35(29)18-26(34-28)23-8-4-21(5-9-23)15-30-20(3)36/h4-11,17-19,25,31H,12-16H2,1-3H3,(H,30,36)(H,32,34). The van der Waals surface area contributed by atoms with Gasteiger partial charge in [-0.3, -0.25) is 9.20 Å². The first-order chi connectivity index (χ1) is 17.5. The molecule has 0 saturated heterocycles. The SMILES string of the molecule is CC(=O)NCc1ccc(-c2cn3c(-c4ccc(CNC5CC5)cc4)cnc3c(NCC(C)C)n2)cc1. The van der Waals surface area contributed by atoms with Crippen molar-refractivity contribution >= 4 is 17.4 Å². The smallest absolute Gasteiger partial charge is 0.217 e. The zero-order chi connectivity index (χ0) is 25.1. The van der Waals surface area contributed by atoms with Gasteiger partial charge in [0.05, 0.1) is 17.6 Å². The summed E-state index contributed by atoms with van der Waals surface area (Å²) in [6, 6.07) is 17.6. The van der Waals surface area contributed by atoms with Gasteiger partial charge in [0, 0.05) is 49.9 Å². The number of hydrogen-bond donors (Lipinski definition) is 3. The van der Waals surface area contributed by atoms with E-state index >= 15 is 0 Å². The Labute approximate surface area is 212 Å². The van der Waals surface area contributed by atoms with Crippen molar-refractivity contribution in [2.24, 2.45) is 5.92 Å². The minimum Gasteiger partial charge on any atom is -0.367 e. The molecule has 0 aliphatic heterocycles. The number of fused-ring (bicyclic) bond motifs is 1. The van der Waals surface area contributed by atoms with Crippen molar-refractivity contribution < 1.29 is 4.79 Å². The third-order valence-corrected chi connectivity index (χ3v) is 6.38. The molecule has 0 spiro atoms. The first-order valence-electron chi connectivity index (χ1n) is 12.7. The number of carbonyl (C=O) groups is 1. The summed E-state index contributed by atoms with van der Waals surface area (Å²) >= 11 is 0. The van der Waals surface area contributed by atoms with Gasteiger partial charge >= 0.3 is 0 Å². The molecule has 1 aliphatic carbocycles. The van der Waals surface area contributed by atoms with Crippen LogP contribution in [0.1, 0.15) is 44.7 Å². The number of carbonyl (C=O) groups excluding carboxylic acids is 1. The van der Waals surface area contributed by atoms with Gasteiger partial charge in [0.2, 0.25) is 5.91 Å². The van der Waals surface area contributed by atoms with Crippen LogP contribution in [0.2, 0.25) is 0 Å². The van der Waals surface area contributed by atoms with Gasteiger partial charge in [-0.25, -0.2) is 9.97 Å². The predicted molar refractivity (Wildman–Crippen MR) is 145 cm³/mol. The van der Waals surface area contributed by atoms with Gasteiger partial charge in [0.25, 0.3) is 0 Å². The summed E-state index contributed by atoms with van der Waals surface area (Å²) in [5, 5.41) is 9.92. The Hall–Kier alpha value is -3.71. The molecule has 2 aromatic heterocycles. The molecule has 0 atom stereocenters. The quantitative estimate of drug-likeness (QED) is 0.296. The van der Waals surface area contributed by atoms with E-state index in [4.69, 9.17) is 9.97 Å². The van der Waals surface area contributed by atoms with E-state index in [2.05, 4.69) is 76.8 Å². The summed E-state index contributed by atoms with van der Waals surface area (Å²) < 4.78 is 2.13. The first-order valence-corrected chi connectivity index (χ1v) is 12.7. The average molecular weight is 483 g/mol. The highest BCUT2D eigenvalue weighted by atomic mass is 16.1. The van der Waals surface area contributed by atoms with Crippen molar-refractivity contribution in [3.63, 3.8) is 0 Å². The van der Waals surface area contributed by atoms with E-state index in [1.807, 2.05) is 18.3 Å². The van der Waals surface area contributed by atoms with Gasteiger partial charge in [-0.2, -0.15) is 0 Å². The maximum Gasteiger partial charge on any atom is 0.217 e. The molecular weight excluding hydrogens is 448 g/mol. The molecule has 5 rings (SSSR count). The lowest BCUT2D eigenvalue weighted by Crippen LogP contribution is -2.18. The first kappa shape index (κ1) is 24.0. The Bertz CT molecular complexity index is 1340. The molecule has 0 bridgehead atoms. The van der Waals surface area contributed by atoms with Crippen molar-refractivity contribution in [1.82, 2.24) is 25.0 Å². The largest absolute Gasteiger partial charge is 0.367 e. The van der Waals surface area contributed by atoms with Crippen LogP contribution in [-0.2, 0) is 17.9 Å². The molecule has 1 fully saturated rings. The van der Waals surface area contributed by atoms with Crippen molar-refractivity contribution in [3.05, 3.63) is 72.1 Å². The van der Waals surface area contributed by atoms with Gasteiger partial charge < -0.3 is 16.0 Å². The fourth-order valence-electron chi connectivity index (χ4n) is 4.12. The van der Waals surface area contributed by atoms with Crippen LogP contribution in [0.15, 0.2) is 60.9 Å². The number of anilines is 1. The Morgan fingerprint density at radius 3 is 2.31 bits per heavy atom. The number of nitrogens with zero attached hydrogens (tertiary/aromatic N) is 3. The van der Waals surface area contributed by atoms with Crippen LogP contribution in [0.4, 0.5) is 5.82 Å². The third kappa shape index (κ3) is 5.74. The molecule has 7 heteroatoms. The molecular formula is C29H34N6O. The van der Waals surface area contributed by atoms with Gasteiger partial charge in [-0.1, -0.05) is 62.4 Å². The summed E-state index contributed by atoms with van der Waals surface area (Å²) in [7, 11) is 0. The second-order valence-electron chi connectivity index (χ2n) is 10.0. The van der Waals surface area contributed by atoms with Gasteiger partial charge in [0.1, 0.15) is 0 Å². The van der Waals surface area contributed by atoms with Crippen LogP contribution in [0, 0.1) is 5.92 Å². The van der Waals surface area contributed by atoms with Crippen molar-refractivity contribution in [2.75, 3.05) is 11.9 Å². The summed E-state index contributed by atoms with van der Waals surface area (Å²) in [5.41, 5.74) is 7.19. The Morgan fingerprint density at radius 2 is 1.67 bits per heavy atom. The molecule has 3 N–H and O–H groups in total. The molecule has 2 heterocycles. The molecule has 1 aliphatic rings. The van der Waals surface area contributed by atoms with Gasteiger partial charge in [0.15, 0.2) is 11.5 Å². The Balaban J connectivity index is 1.47. The van der Waals surface area contributed by atoms with Crippen LogP contribution < -0.4 is 16.0 Å². The highest BCUT2D eigenvalue weighted by Crippen LogP contribution is 2.28. The van der Waals surface area contributed by atoms with Crippen LogP contribution in [0.25, 0.3) is 28.2 Å². The number of rotatable bonds is 10. The topological polar surface area (TPSA) is 83.4 Å². The molecule has 2 aromatic carbocycles. The zero-order valence-electron chi connectivity index (χ0n) is 21.2. The van der Waals surface area contributed by atoms with Crippen LogP contribution in [-0.4, -0.2) is 32.9 Å². The molecule has 1 saturated carbocycles. The maximum atomic E-state index is 11.2. The van der Waals surface area contributed by atoms with Crippen LogP contribution in [0.3, 0.4) is 0 Å². The van der Waals surface area contributed by atoms with E-state index in [9.17, 15) is 4.79 Å². The minimum absolute atomic E-state index is 0.0353. The summed E-state index contributed by atoms with van der Waals surface area (Å²) in [6.07, 6.45) is 6.57. The number of nitrogens with one attached hydrogen (secondary N) is 3.